The summed E-state index contributed by atoms with van der Waals surface area (Å²) in [4.78, 5) is 27.7. The molecule has 2 aromatic carbocycles. The minimum absolute atomic E-state index is 0.0960. The Bertz CT molecular complexity index is 1510. The molecule has 0 amide bonds. The number of nitrogens with zero attached hydrogens (tertiary/aromatic N) is 3. The molecule has 170 valence electrons. The van der Waals surface area contributed by atoms with Gasteiger partial charge in [0.05, 0.1) is 29.7 Å². The molecule has 0 aliphatic heterocycles. The Morgan fingerprint density at radius 3 is 2.82 bits per heavy atom. The molecular formula is C26H24N6O2. The van der Waals surface area contributed by atoms with Crippen LogP contribution < -0.4 is 10.9 Å². The first-order chi connectivity index (χ1) is 16.6. The van der Waals surface area contributed by atoms with E-state index in [9.17, 15) is 9.90 Å². The SMILES string of the molecule is Cc1cc(-n2ccnc2)cc2[nH]c(-c3c(NC=C(CO)Cc4ccccc4)cc[nH]c3=O)nc12. The van der Waals surface area contributed by atoms with E-state index >= 15 is 0 Å². The van der Waals surface area contributed by atoms with Gasteiger partial charge in [0.2, 0.25) is 0 Å². The molecule has 3 heterocycles. The van der Waals surface area contributed by atoms with Gasteiger partial charge in [-0.25, -0.2) is 9.97 Å². The van der Waals surface area contributed by atoms with Gasteiger partial charge < -0.3 is 25.0 Å². The molecule has 4 N–H and O–H groups in total. The summed E-state index contributed by atoms with van der Waals surface area (Å²) in [5.74, 6) is 0.465. The Hall–Kier alpha value is -4.43. The number of fused-ring (bicyclic) bond motifs is 1. The van der Waals surface area contributed by atoms with Gasteiger partial charge in [-0.1, -0.05) is 30.3 Å². The van der Waals surface area contributed by atoms with Crippen LogP contribution in [0, 0.1) is 6.92 Å². The standard InChI is InChI=1S/C26H24N6O2/c1-17-11-20(32-10-9-27-16-32)13-22-24(17)31-25(30-22)23-21(7-8-28-26(23)34)29-14-19(15-33)12-18-5-3-2-4-6-18/h2-11,13-14,16,33H,12,15H2,1H3,(H,30,31)(H2,28,29,34). The molecule has 0 saturated heterocycles. The van der Waals surface area contributed by atoms with Crippen LogP contribution >= 0.6 is 0 Å². The second-order valence-corrected chi connectivity index (χ2v) is 8.08. The lowest BCUT2D eigenvalue weighted by molar-refractivity contribution is 0.328. The van der Waals surface area contributed by atoms with Crippen LogP contribution in [0.1, 0.15) is 11.1 Å². The van der Waals surface area contributed by atoms with Gasteiger partial charge >= 0.3 is 0 Å². The zero-order valence-corrected chi connectivity index (χ0v) is 18.6. The van der Waals surface area contributed by atoms with E-state index in [1.54, 1.807) is 31.0 Å². The number of aliphatic hydroxyl groups excluding tert-OH is 1. The smallest absolute Gasteiger partial charge is 0.261 e. The molecule has 0 spiro atoms. The monoisotopic (exact) mass is 452 g/mol. The summed E-state index contributed by atoms with van der Waals surface area (Å²) in [7, 11) is 0. The van der Waals surface area contributed by atoms with Crippen LogP contribution in [0.5, 0.6) is 0 Å². The summed E-state index contributed by atoms with van der Waals surface area (Å²) >= 11 is 0. The number of pyridine rings is 1. The van der Waals surface area contributed by atoms with E-state index in [0.29, 0.717) is 23.5 Å². The van der Waals surface area contributed by atoms with Crippen LogP contribution in [0.2, 0.25) is 0 Å². The first-order valence-corrected chi connectivity index (χ1v) is 10.9. The number of hydrogen-bond donors (Lipinski definition) is 4. The minimum Gasteiger partial charge on any atom is -0.392 e. The second kappa shape index (κ2) is 9.21. The quantitative estimate of drug-likeness (QED) is 0.299. The Balaban J connectivity index is 1.51. The topological polar surface area (TPSA) is 112 Å². The number of benzene rings is 2. The highest BCUT2D eigenvalue weighted by Gasteiger charge is 2.16. The van der Waals surface area contributed by atoms with Crippen LogP contribution in [-0.2, 0) is 6.42 Å². The van der Waals surface area contributed by atoms with Crippen molar-refractivity contribution in [2.75, 3.05) is 11.9 Å². The van der Waals surface area contributed by atoms with Gasteiger partial charge in [-0.05, 0) is 48.2 Å². The number of aryl methyl sites for hydroxylation is 1. The molecule has 0 fully saturated rings. The lowest BCUT2D eigenvalue weighted by Crippen LogP contribution is -2.12. The summed E-state index contributed by atoms with van der Waals surface area (Å²) in [5, 5.41) is 13.0. The number of hydrogen-bond acceptors (Lipinski definition) is 5. The third-order valence-corrected chi connectivity index (χ3v) is 5.67. The van der Waals surface area contributed by atoms with Crippen LogP contribution in [0.15, 0.2) is 90.0 Å². The Labute approximate surface area is 195 Å². The third-order valence-electron chi connectivity index (χ3n) is 5.67. The van der Waals surface area contributed by atoms with Crippen molar-refractivity contribution in [3.8, 4) is 17.1 Å². The normalized spacial score (nSPS) is 11.8. The van der Waals surface area contributed by atoms with E-state index in [-0.39, 0.29) is 12.2 Å². The van der Waals surface area contributed by atoms with Gasteiger partial charge in [0.1, 0.15) is 11.4 Å². The number of aromatic nitrogens is 5. The van der Waals surface area contributed by atoms with Crippen LogP contribution in [0.25, 0.3) is 28.1 Å². The highest BCUT2D eigenvalue weighted by Crippen LogP contribution is 2.27. The Morgan fingerprint density at radius 2 is 2.06 bits per heavy atom. The van der Waals surface area contributed by atoms with Crippen molar-refractivity contribution in [2.45, 2.75) is 13.3 Å². The van der Waals surface area contributed by atoms with Crippen LogP contribution in [0.4, 0.5) is 5.69 Å². The van der Waals surface area contributed by atoms with Gasteiger partial charge in [-0.2, -0.15) is 0 Å². The molecule has 8 nitrogen and oxygen atoms in total. The van der Waals surface area contributed by atoms with Crippen molar-refractivity contribution >= 4 is 16.7 Å². The predicted molar refractivity (Wildman–Crippen MR) is 133 cm³/mol. The first kappa shape index (κ1) is 21.4. The van der Waals surface area contributed by atoms with E-state index in [4.69, 9.17) is 4.98 Å². The van der Waals surface area contributed by atoms with Gasteiger partial charge in [-0.3, -0.25) is 4.79 Å². The van der Waals surface area contributed by atoms with Gasteiger partial charge in [0.25, 0.3) is 5.56 Å². The molecule has 5 rings (SSSR count). The van der Waals surface area contributed by atoms with Gasteiger partial charge in [-0.15, -0.1) is 0 Å². The molecule has 0 radical (unpaired) electrons. The predicted octanol–water partition coefficient (Wildman–Crippen LogP) is 3.94. The molecule has 3 aromatic heterocycles. The van der Waals surface area contributed by atoms with E-state index in [1.807, 2.05) is 60.2 Å². The summed E-state index contributed by atoms with van der Waals surface area (Å²) in [5.41, 5.74) is 6.17. The van der Waals surface area contributed by atoms with Crippen molar-refractivity contribution in [2.24, 2.45) is 0 Å². The highest BCUT2D eigenvalue weighted by atomic mass is 16.3. The maximum atomic E-state index is 12.8. The zero-order chi connectivity index (χ0) is 23.5. The molecule has 0 bridgehead atoms. The Morgan fingerprint density at radius 1 is 1.21 bits per heavy atom. The van der Waals surface area contributed by atoms with E-state index < -0.39 is 0 Å². The first-order valence-electron chi connectivity index (χ1n) is 10.9. The fraction of sp³-hybridized carbons (Fsp3) is 0.115. The van der Waals surface area contributed by atoms with Crippen molar-refractivity contribution < 1.29 is 5.11 Å². The summed E-state index contributed by atoms with van der Waals surface area (Å²) in [6, 6.07) is 15.7. The maximum absolute atomic E-state index is 12.8. The number of imidazole rings is 2. The molecule has 0 aliphatic carbocycles. The zero-order valence-electron chi connectivity index (χ0n) is 18.6. The summed E-state index contributed by atoms with van der Waals surface area (Å²) < 4.78 is 1.92. The molecule has 0 aliphatic rings. The number of rotatable bonds is 7. The van der Waals surface area contributed by atoms with Crippen LogP contribution in [-0.4, -0.2) is 36.2 Å². The average Bonchev–Trinajstić information content (AvgIpc) is 3.53. The molecular weight excluding hydrogens is 428 g/mol. The van der Waals surface area contributed by atoms with Crippen molar-refractivity contribution in [3.05, 3.63) is 107 Å². The third kappa shape index (κ3) is 4.26. The molecule has 5 aromatic rings. The van der Waals surface area contributed by atoms with Crippen molar-refractivity contribution in [3.63, 3.8) is 0 Å². The van der Waals surface area contributed by atoms with Crippen molar-refractivity contribution in [1.82, 2.24) is 24.5 Å². The number of nitrogens with one attached hydrogen (secondary N) is 3. The molecule has 8 heteroatoms. The lowest BCUT2D eigenvalue weighted by atomic mass is 10.1. The number of anilines is 1. The molecule has 0 saturated carbocycles. The van der Waals surface area contributed by atoms with Gasteiger partial charge in [0.15, 0.2) is 0 Å². The maximum Gasteiger partial charge on any atom is 0.261 e. The average molecular weight is 453 g/mol. The van der Waals surface area contributed by atoms with E-state index in [0.717, 1.165) is 33.4 Å². The molecule has 34 heavy (non-hydrogen) atoms. The van der Waals surface area contributed by atoms with Crippen LogP contribution in [0.3, 0.4) is 0 Å². The summed E-state index contributed by atoms with van der Waals surface area (Å²) in [6.45, 7) is 1.89. The van der Waals surface area contributed by atoms with Crippen molar-refractivity contribution in [1.29, 1.82) is 0 Å². The summed E-state index contributed by atoms with van der Waals surface area (Å²) in [6.07, 6.45) is 9.28. The van der Waals surface area contributed by atoms with Gasteiger partial charge in [0, 0.05) is 30.5 Å². The van der Waals surface area contributed by atoms with E-state index in [2.05, 4.69) is 20.3 Å². The fourth-order valence-corrected chi connectivity index (χ4v) is 3.98. The number of H-pyrrole nitrogens is 2. The number of aromatic amines is 2. The lowest BCUT2D eigenvalue weighted by Gasteiger charge is -2.09. The second-order valence-electron chi connectivity index (χ2n) is 8.08. The minimum atomic E-state index is -0.265. The highest BCUT2D eigenvalue weighted by molar-refractivity contribution is 5.86. The number of aliphatic hydroxyl groups is 1. The fourth-order valence-electron chi connectivity index (χ4n) is 3.98. The molecule has 0 atom stereocenters. The Kier molecular flexibility index (Phi) is 5.80. The largest absolute Gasteiger partial charge is 0.392 e. The molecule has 0 unspecified atom stereocenters. The van der Waals surface area contributed by atoms with E-state index in [1.165, 1.54) is 0 Å².